The summed E-state index contributed by atoms with van der Waals surface area (Å²) in [5, 5.41) is 12.2. The molecule has 0 saturated heterocycles. The summed E-state index contributed by atoms with van der Waals surface area (Å²) >= 11 is 1.58. The normalized spacial score (nSPS) is 10.5. The van der Waals surface area contributed by atoms with Crippen molar-refractivity contribution in [3.8, 4) is 11.5 Å². The van der Waals surface area contributed by atoms with E-state index in [-0.39, 0.29) is 0 Å². The summed E-state index contributed by atoms with van der Waals surface area (Å²) in [6.07, 6.45) is 0. The molecule has 0 aliphatic heterocycles. The molecule has 0 bridgehead atoms. The first-order valence-corrected chi connectivity index (χ1v) is 7.47. The molecule has 3 aromatic rings. The molecule has 1 heterocycles. The van der Waals surface area contributed by atoms with Crippen LogP contribution in [0.15, 0.2) is 59.8 Å². The van der Waals surface area contributed by atoms with Gasteiger partial charge >= 0.3 is 0 Å². The van der Waals surface area contributed by atoms with Crippen LogP contribution in [-0.2, 0) is 12.8 Å². The second-order valence-corrected chi connectivity index (χ2v) is 5.34. The van der Waals surface area contributed by atoms with E-state index in [4.69, 9.17) is 4.74 Å². The summed E-state index contributed by atoms with van der Waals surface area (Å²) in [4.78, 5) is 0. The molecule has 3 rings (SSSR count). The fraction of sp³-hybridized carbons (Fsp3) is 0.133. The summed E-state index contributed by atoms with van der Waals surface area (Å²) in [7, 11) is 1.83. The number of nitrogens with zero attached hydrogens (tertiary/aromatic N) is 4. The Balaban J connectivity index is 1.75. The van der Waals surface area contributed by atoms with Gasteiger partial charge in [0, 0.05) is 18.4 Å². The molecular formula is C15H14N4OS. The molecule has 0 aliphatic carbocycles. The molecule has 1 aromatic heterocycles. The van der Waals surface area contributed by atoms with Crippen LogP contribution in [0.25, 0.3) is 0 Å². The summed E-state index contributed by atoms with van der Waals surface area (Å²) in [5.74, 6) is 2.43. The maximum absolute atomic E-state index is 5.94. The van der Waals surface area contributed by atoms with Crippen LogP contribution in [0.5, 0.6) is 11.5 Å². The van der Waals surface area contributed by atoms with Crippen LogP contribution in [-0.4, -0.2) is 20.2 Å². The highest BCUT2D eigenvalue weighted by molar-refractivity contribution is 7.98. The Bertz CT molecular complexity index is 714. The second-order valence-electron chi connectivity index (χ2n) is 4.40. The fourth-order valence-electron chi connectivity index (χ4n) is 1.82. The topological polar surface area (TPSA) is 52.8 Å². The van der Waals surface area contributed by atoms with E-state index in [1.54, 1.807) is 16.4 Å². The largest absolute Gasteiger partial charge is 0.457 e. The van der Waals surface area contributed by atoms with Crippen LogP contribution < -0.4 is 4.74 Å². The minimum absolute atomic E-state index is 0.747. The Morgan fingerprint density at radius 3 is 2.57 bits per heavy atom. The zero-order valence-corrected chi connectivity index (χ0v) is 12.3. The Hall–Kier alpha value is -2.34. The van der Waals surface area contributed by atoms with E-state index in [0.717, 1.165) is 28.0 Å². The van der Waals surface area contributed by atoms with Gasteiger partial charge in [0.05, 0.1) is 0 Å². The molecule has 6 heteroatoms. The molecule has 0 spiro atoms. The first-order valence-electron chi connectivity index (χ1n) is 6.49. The van der Waals surface area contributed by atoms with E-state index in [1.807, 2.05) is 55.6 Å². The number of ether oxygens (including phenoxy) is 1. The predicted molar refractivity (Wildman–Crippen MR) is 81.3 cm³/mol. The lowest BCUT2D eigenvalue weighted by atomic mass is 10.2. The van der Waals surface area contributed by atoms with Crippen LogP contribution in [0, 0.1) is 0 Å². The van der Waals surface area contributed by atoms with Gasteiger partial charge in [-0.1, -0.05) is 48.2 Å². The first-order chi connectivity index (χ1) is 10.3. The minimum atomic E-state index is 0.747. The Morgan fingerprint density at radius 1 is 1.05 bits per heavy atom. The van der Waals surface area contributed by atoms with E-state index in [1.165, 1.54) is 0 Å². The van der Waals surface area contributed by atoms with Crippen molar-refractivity contribution in [1.82, 2.24) is 20.2 Å². The average Bonchev–Trinajstić information content (AvgIpc) is 2.93. The van der Waals surface area contributed by atoms with Gasteiger partial charge in [-0.05, 0) is 28.6 Å². The van der Waals surface area contributed by atoms with Gasteiger partial charge in [-0.25, -0.2) is 4.68 Å². The maximum atomic E-state index is 5.94. The van der Waals surface area contributed by atoms with Crippen LogP contribution in [0.1, 0.15) is 5.56 Å². The monoisotopic (exact) mass is 298 g/mol. The molecule has 0 fully saturated rings. The third-order valence-electron chi connectivity index (χ3n) is 2.88. The minimum Gasteiger partial charge on any atom is -0.457 e. The Morgan fingerprint density at radius 2 is 1.81 bits per heavy atom. The lowest BCUT2D eigenvalue weighted by molar-refractivity contribution is 0.478. The molecule has 106 valence electrons. The number of rotatable bonds is 5. The van der Waals surface area contributed by atoms with Gasteiger partial charge in [0.1, 0.15) is 11.5 Å². The van der Waals surface area contributed by atoms with Crippen LogP contribution in [0.2, 0.25) is 0 Å². The third kappa shape index (κ3) is 3.41. The number of aryl methyl sites for hydroxylation is 1. The molecule has 0 unspecified atom stereocenters. The van der Waals surface area contributed by atoms with E-state index < -0.39 is 0 Å². The zero-order chi connectivity index (χ0) is 14.5. The van der Waals surface area contributed by atoms with Gasteiger partial charge in [0.2, 0.25) is 5.16 Å². The van der Waals surface area contributed by atoms with Crippen molar-refractivity contribution >= 4 is 11.8 Å². The van der Waals surface area contributed by atoms with Gasteiger partial charge in [0.25, 0.3) is 0 Å². The van der Waals surface area contributed by atoms with Crippen molar-refractivity contribution in [2.75, 3.05) is 0 Å². The van der Waals surface area contributed by atoms with E-state index in [9.17, 15) is 0 Å². The molecule has 0 radical (unpaired) electrons. The predicted octanol–water partition coefficient (Wildman–Crippen LogP) is 3.29. The van der Waals surface area contributed by atoms with Gasteiger partial charge in [-0.3, -0.25) is 0 Å². The van der Waals surface area contributed by atoms with Crippen molar-refractivity contribution in [1.29, 1.82) is 0 Å². The van der Waals surface area contributed by atoms with Crippen molar-refractivity contribution in [3.63, 3.8) is 0 Å². The van der Waals surface area contributed by atoms with E-state index >= 15 is 0 Å². The molecule has 2 aromatic carbocycles. The second kappa shape index (κ2) is 6.41. The van der Waals surface area contributed by atoms with E-state index in [0.29, 0.717) is 0 Å². The molecule has 0 amide bonds. The molecule has 0 saturated carbocycles. The Kier molecular flexibility index (Phi) is 4.16. The average molecular weight is 298 g/mol. The smallest absolute Gasteiger partial charge is 0.209 e. The lowest BCUT2D eigenvalue weighted by Crippen LogP contribution is -1.94. The van der Waals surface area contributed by atoms with Crippen molar-refractivity contribution in [2.45, 2.75) is 10.9 Å². The highest BCUT2D eigenvalue weighted by atomic mass is 32.2. The highest BCUT2D eigenvalue weighted by Crippen LogP contribution is 2.29. The van der Waals surface area contributed by atoms with Crippen LogP contribution >= 0.6 is 11.8 Å². The number of benzene rings is 2. The van der Waals surface area contributed by atoms with Gasteiger partial charge in [0.15, 0.2) is 0 Å². The first kappa shape index (κ1) is 13.6. The number of thioether (sulfide) groups is 1. The quantitative estimate of drug-likeness (QED) is 0.676. The molecule has 0 N–H and O–H groups in total. The number of tetrazole rings is 1. The molecule has 0 aliphatic rings. The maximum Gasteiger partial charge on any atom is 0.209 e. The number of para-hydroxylation sites is 2. The number of hydrogen-bond donors (Lipinski definition) is 0. The summed E-state index contributed by atoms with van der Waals surface area (Å²) < 4.78 is 7.60. The summed E-state index contributed by atoms with van der Waals surface area (Å²) in [6, 6.07) is 17.8. The molecular weight excluding hydrogens is 284 g/mol. The van der Waals surface area contributed by atoms with Crippen molar-refractivity contribution in [2.24, 2.45) is 7.05 Å². The third-order valence-corrected chi connectivity index (χ3v) is 3.94. The lowest BCUT2D eigenvalue weighted by Gasteiger charge is -2.10. The summed E-state index contributed by atoms with van der Waals surface area (Å²) in [6.45, 7) is 0. The van der Waals surface area contributed by atoms with Gasteiger partial charge < -0.3 is 4.74 Å². The summed E-state index contributed by atoms with van der Waals surface area (Å²) in [5.41, 5.74) is 1.11. The van der Waals surface area contributed by atoms with Crippen LogP contribution in [0.3, 0.4) is 0 Å². The zero-order valence-electron chi connectivity index (χ0n) is 11.5. The number of hydrogen-bond acceptors (Lipinski definition) is 5. The fourth-order valence-corrected chi connectivity index (χ4v) is 2.66. The standard InChI is InChI=1S/C15H14N4OS/c1-19-15(16-17-18-19)21-11-12-7-5-6-10-14(12)20-13-8-3-2-4-9-13/h2-10H,11H2,1H3. The number of aromatic nitrogens is 4. The van der Waals surface area contributed by atoms with Crippen LogP contribution in [0.4, 0.5) is 0 Å². The highest BCUT2D eigenvalue weighted by Gasteiger charge is 2.08. The van der Waals surface area contributed by atoms with Gasteiger partial charge in [-0.2, -0.15) is 0 Å². The van der Waals surface area contributed by atoms with Crippen molar-refractivity contribution in [3.05, 3.63) is 60.2 Å². The van der Waals surface area contributed by atoms with Crippen molar-refractivity contribution < 1.29 is 4.74 Å². The molecule has 21 heavy (non-hydrogen) atoms. The van der Waals surface area contributed by atoms with Gasteiger partial charge in [-0.15, -0.1) is 5.10 Å². The molecule has 0 atom stereocenters. The van der Waals surface area contributed by atoms with E-state index in [2.05, 4.69) is 21.6 Å². The molecule has 5 nitrogen and oxygen atoms in total. The Labute approximate surface area is 126 Å². The SMILES string of the molecule is Cn1nnnc1SCc1ccccc1Oc1ccccc1.